The number of nitrogens with one attached hydrogen (secondary N) is 1. The molecular weight excluding hydrogens is 428 g/mol. The molecule has 0 radical (unpaired) electrons. The molecule has 0 aromatic heterocycles. The highest BCUT2D eigenvalue weighted by molar-refractivity contribution is 7.85. The van der Waals surface area contributed by atoms with Crippen LogP contribution in [-0.4, -0.2) is 46.6 Å². The molecule has 1 heterocycles. The standard InChI is InChI=1S/C24H26N2O5S/c1-24(2)20-17-18(23(27)28)12-13-21(20)26(15-8-16-32(29,30)31)22(24)11-6-7-14-25-19-9-4-3-5-10-19/h3-7,9-14,17H,8,15-16H2,1-2H3,(H2,27,28,29,30,31)/p+1. The Labute approximate surface area is 188 Å². The van der Waals surface area contributed by atoms with Crippen molar-refractivity contribution in [2.75, 3.05) is 17.6 Å². The van der Waals surface area contributed by atoms with E-state index in [1.807, 2.05) is 73.2 Å². The number of allylic oxidation sites excluding steroid dienone is 3. The Morgan fingerprint density at radius 1 is 1.12 bits per heavy atom. The fourth-order valence-electron chi connectivity index (χ4n) is 3.84. The Bertz CT molecular complexity index is 1200. The van der Waals surface area contributed by atoms with Gasteiger partial charge in [-0.05, 0) is 44.2 Å². The Morgan fingerprint density at radius 3 is 2.50 bits per heavy atom. The third-order valence-electron chi connectivity index (χ3n) is 5.41. The van der Waals surface area contributed by atoms with Crippen LogP contribution in [0.1, 0.15) is 36.2 Å². The number of rotatable bonds is 9. The second-order valence-electron chi connectivity index (χ2n) is 8.07. The molecule has 0 fully saturated rings. The first-order chi connectivity index (χ1) is 15.1. The topological polar surface area (TPSA) is 107 Å². The van der Waals surface area contributed by atoms with Crippen LogP contribution in [0, 0.1) is 0 Å². The van der Waals surface area contributed by atoms with Crippen LogP contribution >= 0.6 is 0 Å². The summed E-state index contributed by atoms with van der Waals surface area (Å²) in [5, 5.41) is 12.6. The highest BCUT2D eigenvalue weighted by atomic mass is 32.2. The van der Waals surface area contributed by atoms with E-state index in [0.717, 1.165) is 22.6 Å². The first-order valence-electron chi connectivity index (χ1n) is 10.2. The number of anilines is 1. The highest BCUT2D eigenvalue weighted by Crippen LogP contribution is 2.40. The van der Waals surface area contributed by atoms with Gasteiger partial charge in [-0.15, -0.1) is 0 Å². The maximum Gasteiger partial charge on any atom is 0.335 e. The summed E-state index contributed by atoms with van der Waals surface area (Å²) in [7, 11) is -4.06. The average molecular weight is 456 g/mol. The average Bonchev–Trinajstić information content (AvgIpc) is 2.94. The number of hydrogen-bond donors (Lipinski definition) is 3. The van der Waals surface area contributed by atoms with E-state index in [0.29, 0.717) is 6.54 Å². The molecule has 32 heavy (non-hydrogen) atoms. The van der Waals surface area contributed by atoms with Crippen molar-refractivity contribution in [2.45, 2.75) is 25.7 Å². The predicted molar refractivity (Wildman–Crippen MR) is 126 cm³/mol. The SMILES string of the molecule is CC1(C)C(/C=C/C=C/Nc2ccccc2)=[N+](CCCS(=O)(=O)O)c2ccc(C(=O)O)cc21. The molecule has 2 aromatic carbocycles. The van der Waals surface area contributed by atoms with Gasteiger partial charge in [0.25, 0.3) is 10.1 Å². The number of nitrogens with zero attached hydrogens (tertiary/aromatic N) is 1. The summed E-state index contributed by atoms with van der Waals surface area (Å²) in [6, 6.07) is 14.7. The lowest BCUT2D eigenvalue weighted by Gasteiger charge is -2.15. The number of carboxylic acids is 1. The molecule has 0 aliphatic carbocycles. The summed E-state index contributed by atoms with van der Waals surface area (Å²) >= 11 is 0. The van der Waals surface area contributed by atoms with Gasteiger partial charge >= 0.3 is 5.97 Å². The van der Waals surface area contributed by atoms with Crippen LogP contribution in [0.4, 0.5) is 11.4 Å². The van der Waals surface area contributed by atoms with E-state index in [1.165, 1.54) is 0 Å². The van der Waals surface area contributed by atoms with E-state index in [4.69, 9.17) is 4.55 Å². The van der Waals surface area contributed by atoms with Crippen LogP contribution in [-0.2, 0) is 15.5 Å². The molecule has 7 nitrogen and oxygen atoms in total. The minimum absolute atomic E-state index is 0.201. The summed E-state index contributed by atoms with van der Waals surface area (Å²) in [6.07, 6.45) is 7.73. The molecule has 3 N–H and O–H groups in total. The van der Waals surface area contributed by atoms with Crippen LogP contribution in [0.3, 0.4) is 0 Å². The number of aromatic carboxylic acids is 1. The number of fused-ring (bicyclic) bond motifs is 1. The summed E-state index contributed by atoms with van der Waals surface area (Å²) in [4.78, 5) is 11.5. The molecule has 0 saturated heterocycles. The molecule has 0 amide bonds. The van der Waals surface area contributed by atoms with E-state index in [2.05, 4.69) is 5.32 Å². The number of para-hydroxylation sites is 1. The van der Waals surface area contributed by atoms with Crippen molar-refractivity contribution in [3.63, 3.8) is 0 Å². The lowest BCUT2D eigenvalue weighted by molar-refractivity contribution is -0.437. The molecule has 1 aliphatic rings. The predicted octanol–water partition coefficient (Wildman–Crippen LogP) is 4.22. The van der Waals surface area contributed by atoms with Crippen molar-refractivity contribution < 1.29 is 27.4 Å². The Balaban J connectivity index is 1.90. The fraction of sp³-hybridized carbons (Fsp3) is 0.250. The van der Waals surface area contributed by atoms with E-state index in [9.17, 15) is 18.3 Å². The number of carbonyl (C=O) groups is 1. The summed E-state index contributed by atoms with van der Waals surface area (Å²) < 4.78 is 33.4. The van der Waals surface area contributed by atoms with Gasteiger partial charge in [0.2, 0.25) is 5.69 Å². The first-order valence-corrected chi connectivity index (χ1v) is 11.8. The van der Waals surface area contributed by atoms with Gasteiger partial charge in [0.15, 0.2) is 5.71 Å². The zero-order valence-corrected chi connectivity index (χ0v) is 18.8. The van der Waals surface area contributed by atoms with Crippen LogP contribution in [0.5, 0.6) is 0 Å². The van der Waals surface area contributed by atoms with E-state index in [1.54, 1.807) is 18.2 Å². The van der Waals surface area contributed by atoms with Crippen molar-refractivity contribution in [3.8, 4) is 0 Å². The van der Waals surface area contributed by atoms with Crippen LogP contribution in [0.25, 0.3) is 0 Å². The molecule has 0 unspecified atom stereocenters. The van der Waals surface area contributed by atoms with Gasteiger partial charge in [-0.3, -0.25) is 4.55 Å². The molecule has 8 heteroatoms. The third-order valence-corrected chi connectivity index (χ3v) is 6.21. The summed E-state index contributed by atoms with van der Waals surface area (Å²) in [5.41, 5.74) is 3.28. The van der Waals surface area contributed by atoms with E-state index >= 15 is 0 Å². The van der Waals surface area contributed by atoms with Crippen molar-refractivity contribution in [1.82, 2.24) is 0 Å². The third kappa shape index (κ3) is 5.52. The van der Waals surface area contributed by atoms with Crippen LogP contribution < -0.4 is 5.32 Å². The largest absolute Gasteiger partial charge is 0.478 e. The lowest BCUT2D eigenvalue weighted by Crippen LogP contribution is -2.28. The summed E-state index contributed by atoms with van der Waals surface area (Å²) in [5.74, 6) is -1.34. The Hall–Kier alpha value is -3.23. The maximum absolute atomic E-state index is 11.5. The van der Waals surface area contributed by atoms with E-state index in [-0.39, 0.29) is 17.7 Å². The van der Waals surface area contributed by atoms with Gasteiger partial charge in [-0.2, -0.15) is 13.0 Å². The monoisotopic (exact) mass is 455 g/mol. The molecular formula is C24H27N2O5S+. The Morgan fingerprint density at radius 2 is 1.84 bits per heavy atom. The first kappa shape index (κ1) is 23.4. The van der Waals surface area contributed by atoms with Gasteiger partial charge in [0, 0.05) is 36.0 Å². The molecule has 0 saturated carbocycles. The van der Waals surface area contributed by atoms with Gasteiger partial charge in [-0.25, -0.2) is 4.79 Å². The van der Waals surface area contributed by atoms with Gasteiger partial charge in [0.05, 0.1) is 16.7 Å². The minimum atomic E-state index is -4.06. The second kappa shape index (κ2) is 9.50. The number of carboxylic acid groups (broad SMARTS) is 1. The smallest absolute Gasteiger partial charge is 0.335 e. The number of hydrogen-bond acceptors (Lipinski definition) is 4. The highest BCUT2D eigenvalue weighted by Gasteiger charge is 2.44. The quantitative estimate of drug-likeness (QED) is 0.297. The molecule has 168 valence electrons. The fourth-order valence-corrected chi connectivity index (χ4v) is 4.33. The molecule has 0 spiro atoms. The molecule has 1 aliphatic heterocycles. The number of benzene rings is 2. The molecule has 0 atom stereocenters. The zero-order chi connectivity index (χ0) is 23.4. The van der Waals surface area contributed by atoms with Gasteiger partial charge < -0.3 is 10.4 Å². The summed E-state index contributed by atoms with van der Waals surface area (Å²) in [6.45, 7) is 4.38. The Kier molecular flexibility index (Phi) is 6.96. The van der Waals surface area contributed by atoms with Crippen molar-refractivity contribution in [3.05, 3.63) is 84.1 Å². The van der Waals surface area contributed by atoms with Gasteiger partial charge in [0.1, 0.15) is 6.54 Å². The van der Waals surface area contributed by atoms with Crippen LogP contribution in [0.15, 0.2) is 73.0 Å². The zero-order valence-electron chi connectivity index (χ0n) is 18.0. The maximum atomic E-state index is 11.5. The van der Waals surface area contributed by atoms with Gasteiger partial charge in [-0.1, -0.05) is 24.3 Å². The lowest BCUT2D eigenvalue weighted by atomic mass is 9.81. The molecule has 3 rings (SSSR count). The second-order valence-corrected chi connectivity index (χ2v) is 9.64. The molecule has 2 aromatic rings. The van der Waals surface area contributed by atoms with Crippen molar-refractivity contribution >= 4 is 33.2 Å². The van der Waals surface area contributed by atoms with Crippen molar-refractivity contribution in [2.24, 2.45) is 0 Å². The van der Waals surface area contributed by atoms with Crippen molar-refractivity contribution in [1.29, 1.82) is 0 Å². The minimum Gasteiger partial charge on any atom is -0.478 e. The molecule has 0 bridgehead atoms. The van der Waals surface area contributed by atoms with E-state index < -0.39 is 21.5 Å². The van der Waals surface area contributed by atoms with Crippen LogP contribution in [0.2, 0.25) is 0 Å². The normalized spacial score (nSPS) is 15.5.